The smallest absolute Gasteiger partial charge is 0.262 e. The molecule has 37 heavy (non-hydrogen) atoms. The Morgan fingerprint density at radius 3 is 2.54 bits per heavy atom. The summed E-state index contributed by atoms with van der Waals surface area (Å²) < 4.78 is 1.48. The van der Waals surface area contributed by atoms with Crippen molar-refractivity contribution in [3.05, 3.63) is 63.4 Å². The van der Waals surface area contributed by atoms with Gasteiger partial charge in [-0.3, -0.25) is 14.2 Å². The Hall–Kier alpha value is -2.70. The summed E-state index contributed by atoms with van der Waals surface area (Å²) in [6.07, 6.45) is 7.72. The van der Waals surface area contributed by atoms with Gasteiger partial charge in [-0.1, -0.05) is 42.6 Å². The summed E-state index contributed by atoms with van der Waals surface area (Å²) in [5.41, 5.74) is 2.36. The van der Waals surface area contributed by atoms with Gasteiger partial charge >= 0.3 is 0 Å². The zero-order chi connectivity index (χ0) is 25.9. The van der Waals surface area contributed by atoms with Crippen molar-refractivity contribution in [2.45, 2.75) is 70.9 Å². The third-order valence-electron chi connectivity index (χ3n) is 7.73. The Balaban J connectivity index is 1.42. The van der Waals surface area contributed by atoms with Gasteiger partial charge in [0.2, 0.25) is 5.91 Å². The first-order valence-corrected chi connectivity index (χ1v) is 14.1. The molecule has 2 heterocycles. The van der Waals surface area contributed by atoms with Gasteiger partial charge in [0.05, 0.1) is 10.9 Å². The lowest BCUT2D eigenvalue weighted by molar-refractivity contribution is -0.122. The molecule has 1 saturated heterocycles. The molecule has 5 rings (SSSR count). The molecule has 2 aromatic carbocycles. The molecular weight excluding hydrogens is 484 g/mol. The van der Waals surface area contributed by atoms with Crippen LogP contribution in [0.25, 0.3) is 22.3 Å². The first kappa shape index (κ1) is 25.9. The van der Waals surface area contributed by atoms with Crippen molar-refractivity contribution in [2.24, 2.45) is 5.92 Å². The zero-order valence-electron chi connectivity index (χ0n) is 21.9. The zero-order valence-corrected chi connectivity index (χ0v) is 22.6. The first-order chi connectivity index (χ1) is 17.9. The van der Waals surface area contributed by atoms with Gasteiger partial charge in [0.25, 0.3) is 5.56 Å². The van der Waals surface area contributed by atoms with Crippen molar-refractivity contribution < 1.29 is 4.79 Å². The van der Waals surface area contributed by atoms with Crippen molar-refractivity contribution in [2.75, 3.05) is 19.6 Å². The van der Waals surface area contributed by atoms with Gasteiger partial charge in [0.15, 0.2) is 0 Å². The minimum absolute atomic E-state index is 0.0151. The molecule has 1 aromatic heterocycles. The van der Waals surface area contributed by atoms with Gasteiger partial charge in [0.1, 0.15) is 12.4 Å². The molecule has 1 saturated carbocycles. The number of nitrogens with zero attached hydrogens (tertiary/aromatic N) is 3. The fourth-order valence-corrected chi connectivity index (χ4v) is 6.03. The molecule has 0 radical (unpaired) electrons. The predicted octanol–water partition coefficient (Wildman–Crippen LogP) is 5.61. The highest BCUT2D eigenvalue weighted by atomic mass is 35.5. The van der Waals surface area contributed by atoms with E-state index in [2.05, 4.69) is 16.3 Å². The van der Waals surface area contributed by atoms with E-state index >= 15 is 0 Å². The average Bonchev–Trinajstić information content (AvgIpc) is 3.11. The van der Waals surface area contributed by atoms with E-state index < -0.39 is 0 Å². The fraction of sp³-hybridized carbons (Fsp3) is 0.500. The molecule has 3 aromatic rings. The van der Waals surface area contributed by atoms with Crippen LogP contribution in [-0.2, 0) is 11.3 Å². The quantitative estimate of drug-likeness (QED) is 0.439. The van der Waals surface area contributed by atoms with E-state index in [9.17, 15) is 9.59 Å². The van der Waals surface area contributed by atoms with Crippen LogP contribution < -0.4 is 10.9 Å². The summed E-state index contributed by atoms with van der Waals surface area (Å²) in [6, 6.07) is 13.3. The first-order valence-electron chi connectivity index (χ1n) is 13.7. The molecule has 6 nitrogen and oxygen atoms in total. The van der Waals surface area contributed by atoms with Crippen LogP contribution in [0.2, 0.25) is 5.02 Å². The van der Waals surface area contributed by atoms with E-state index in [4.69, 9.17) is 16.6 Å². The molecule has 196 valence electrons. The lowest BCUT2D eigenvalue weighted by Gasteiger charge is -2.39. The summed E-state index contributed by atoms with van der Waals surface area (Å²) in [5, 5.41) is 4.01. The minimum Gasteiger partial charge on any atom is -0.352 e. The Kier molecular flexibility index (Phi) is 7.96. The molecule has 7 heteroatoms. The van der Waals surface area contributed by atoms with Crippen molar-refractivity contribution in [3.8, 4) is 11.4 Å². The van der Waals surface area contributed by atoms with Crippen LogP contribution in [0.15, 0.2) is 47.3 Å². The number of fused-ring (bicyclic) bond motifs is 1. The number of amides is 1. The van der Waals surface area contributed by atoms with Crippen LogP contribution >= 0.6 is 11.6 Å². The van der Waals surface area contributed by atoms with E-state index in [1.807, 2.05) is 38.1 Å². The summed E-state index contributed by atoms with van der Waals surface area (Å²) in [5.74, 6) is 1.45. The van der Waals surface area contributed by atoms with E-state index in [0.29, 0.717) is 33.2 Å². The molecular formula is C30H37ClN4O2. The van der Waals surface area contributed by atoms with Crippen molar-refractivity contribution in [1.82, 2.24) is 19.8 Å². The average molecular weight is 521 g/mol. The van der Waals surface area contributed by atoms with Crippen LogP contribution in [-0.4, -0.2) is 46.0 Å². The molecule has 1 amide bonds. The summed E-state index contributed by atoms with van der Waals surface area (Å²) in [4.78, 5) is 33.9. The second-order valence-electron chi connectivity index (χ2n) is 11.1. The van der Waals surface area contributed by atoms with Crippen molar-refractivity contribution in [1.29, 1.82) is 0 Å². The highest BCUT2D eigenvalue weighted by Gasteiger charge is 2.32. The van der Waals surface area contributed by atoms with Gasteiger partial charge in [-0.25, -0.2) is 4.98 Å². The minimum atomic E-state index is -0.215. The van der Waals surface area contributed by atoms with Crippen LogP contribution in [0.5, 0.6) is 0 Å². The Bertz CT molecular complexity index is 1320. The molecule has 1 N–H and O–H groups in total. The molecule has 1 aliphatic carbocycles. The van der Waals surface area contributed by atoms with E-state index in [1.54, 1.807) is 12.1 Å². The maximum absolute atomic E-state index is 13.8. The molecule has 0 spiro atoms. The topological polar surface area (TPSA) is 67.2 Å². The summed E-state index contributed by atoms with van der Waals surface area (Å²) in [6.45, 7) is 7.40. The van der Waals surface area contributed by atoms with Crippen molar-refractivity contribution >= 4 is 28.4 Å². The molecule has 2 fully saturated rings. The molecule has 1 aliphatic heterocycles. The van der Waals surface area contributed by atoms with Gasteiger partial charge in [0, 0.05) is 23.2 Å². The standard InChI is InChI=1S/C30H37ClN4O2/c1-20(2)32-28(36)19-35-29(23-8-7-9-25(31)16-23)33-27-11-10-22(17-26(27)30(35)37)24-14-21(15-24)18-34-12-5-3-4-6-13-34/h7-11,16-17,20-21,24H,3-6,12-15,18-19H2,1-2H3,(H,32,36)/t21-,24-. The van der Waals surface area contributed by atoms with Crippen LogP contribution in [0.3, 0.4) is 0 Å². The highest BCUT2D eigenvalue weighted by molar-refractivity contribution is 6.30. The van der Waals surface area contributed by atoms with E-state index in [0.717, 1.165) is 5.92 Å². The largest absolute Gasteiger partial charge is 0.352 e. The summed E-state index contributed by atoms with van der Waals surface area (Å²) >= 11 is 6.24. The number of carbonyl (C=O) groups is 1. The van der Waals surface area contributed by atoms with Gasteiger partial charge < -0.3 is 10.2 Å². The number of rotatable bonds is 7. The predicted molar refractivity (Wildman–Crippen MR) is 150 cm³/mol. The Morgan fingerprint density at radius 2 is 1.84 bits per heavy atom. The normalized spacial score (nSPS) is 20.5. The second kappa shape index (κ2) is 11.4. The number of halogens is 1. The molecule has 2 aliphatic rings. The third-order valence-corrected chi connectivity index (χ3v) is 7.97. The number of aromatic nitrogens is 2. The van der Waals surface area contributed by atoms with Crippen LogP contribution in [0.1, 0.15) is 63.9 Å². The monoisotopic (exact) mass is 520 g/mol. The SMILES string of the molecule is CC(C)NC(=O)Cn1c(-c2cccc(Cl)c2)nc2ccc([C@H]3C[C@H](CN4CCCCCC4)C3)cc2c1=O. The number of carbonyl (C=O) groups excluding carboxylic acids is 1. The van der Waals surface area contributed by atoms with Gasteiger partial charge in [-0.2, -0.15) is 0 Å². The fourth-order valence-electron chi connectivity index (χ4n) is 5.84. The number of hydrogen-bond donors (Lipinski definition) is 1. The maximum Gasteiger partial charge on any atom is 0.262 e. The van der Waals surface area contributed by atoms with Crippen molar-refractivity contribution in [3.63, 3.8) is 0 Å². The third kappa shape index (κ3) is 6.07. The Labute approximate surface area is 224 Å². The maximum atomic E-state index is 13.8. The van der Waals surface area contributed by atoms with Gasteiger partial charge in [-0.05, 0) is 94.3 Å². The number of likely N-dealkylation sites (tertiary alicyclic amines) is 1. The number of benzene rings is 2. The number of nitrogens with one attached hydrogen (secondary N) is 1. The number of hydrogen-bond acceptors (Lipinski definition) is 4. The van der Waals surface area contributed by atoms with Gasteiger partial charge in [-0.15, -0.1) is 0 Å². The van der Waals surface area contributed by atoms with Crippen LogP contribution in [0.4, 0.5) is 0 Å². The summed E-state index contributed by atoms with van der Waals surface area (Å²) in [7, 11) is 0. The molecule has 0 atom stereocenters. The molecule has 0 unspecified atom stereocenters. The Morgan fingerprint density at radius 1 is 1.08 bits per heavy atom. The van der Waals surface area contributed by atoms with E-state index in [-0.39, 0.29) is 24.1 Å². The lowest BCUT2D eigenvalue weighted by Crippen LogP contribution is -2.37. The van der Waals surface area contributed by atoms with E-state index in [1.165, 1.54) is 68.3 Å². The highest BCUT2D eigenvalue weighted by Crippen LogP contribution is 2.42. The lowest BCUT2D eigenvalue weighted by atomic mass is 9.71. The van der Waals surface area contributed by atoms with Crippen LogP contribution in [0, 0.1) is 5.92 Å². The molecule has 0 bridgehead atoms. The second-order valence-corrected chi connectivity index (χ2v) is 11.5.